The van der Waals surface area contributed by atoms with Gasteiger partial charge in [-0.1, -0.05) is 58.0 Å². The highest BCUT2D eigenvalue weighted by Crippen LogP contribution is 2.19. The molecule has 0 aliphatic rings. The molecule has 2 rings (SSSR count). The lowest BCUT2D eigenvalue weighted by Gasteiger charge is -2.20. The first kappa shape index (κ1) is 23.1. The van der Waals surface area contributed by atoms with E-state index >= 15 is 0 Å². The Bertz CT molecular complexity index is 919. The number of quaternary nitrogens is 1. The molecule has 0 aliphatic carbocycles. The first-order valence-electron chi connectivity index (χ1n) is 10.1. The van der Waals surface area contributed by atoms with E-state index in [9.17, 15) is 13.2 Å². The lowest BCUT2D eigenvalue weighted by atomic mass is 9.94. The third-order valence-corrected chi connectivity index (χ3v) is 5.94. The molecule has 6 heteroatoms. The summed E-state index contributed by atoms with van der Waals surface area (Å²) in [6.07, 6.45) is 2.21. The second kappa shape index (κ2) is 10.0. The molecule has 1 amide bonds. The van der Waals surface area contributed by atoms with Crippen LogP contribution >= 0.6 is 0 Å². The topological polar surface area (TPSA) is 79.8 Å². The molecule has 0 radical (unpaired) electrons. The van der Waals surface area contributed by atoms with Crippen molar-refractivity contribution in [1.29, 1.82) is 0 Å². The zero-order valence-corrected chi connectivity index (χ0v) is 18.8. The summed E-state index contributed by atoms with van der Waals surface area (Å²) in [5.41, 5.74) is 3.03. The molecule has 2 aromatic rings. The minimum Gasteiger partial charge on any atom is -0.332 e. The second-order valence-electron chi connectivity index (χ2n) is 8.40. The molecular formula is C23H33N2O3S+. The number of anilines is 1. The van der Waals surface area contributed by atoms with Crippen LogP contribution in [-0.2, 0) is 21.1 Å². The molecule has 3 N–H and O–H groups in total. The molecule has 0 spiro atoms. The van der Waals surface area contributed by atoms with Gasteiger partial charge in [0.2, 0.25) is 0 Å². The number of hydrogen-bond acceptors (Lipinski definition) is 3. The van der Waals surface area contributed by atoms with Gasteiger partial charge >= 0.3 is 0 Å². The van der Waals surface area contributed by atoms with Crippen molar-refractivity contribution < 1.29 is 18.5 Å². The Morgan fingerprint density at radius 2 is 1.69 bits per heavy atom. The highest BCUT2D eigenvalue weighted by atomic mass is 32.2. The van der Waals surface area contributed by atoms with Crippen molar-refractivity contribution in [3.05, 3.63) is 59.7 Å². The highest BCUT2D eigenvalue weighted by molar-refractivity contribution is 7.90. The largest absolute Gasteiger partial charge is 0.332 e. The molecule has 5 nitrogen and oxygen atoms in total. The van der Waals surface area contributed by atoms with Crippen molar-refractivity contribution in [2.75, 3.05) is 18.1 Å². The number of nitrogens with two attached hydrogens (primary N) is 1. The molecule has 2 aromatic carbocycles. The van der Waals surface area contributed by atoms with Crippen molar-refractivity contribution in [1.82, 2.24) is 0 Å². The van der Waals surface area contributed by atoms with Gasteiger partial charge in [0.05, 0.1) is 4.90 Å². The fraction of sp³-hybridized carbons (Fsp3) is 0.435. The fourth-order valence-electron chi connectivity index (χ4n) is 3.39. The molecule has 1 atom stereocenters. The lowest BCUT2D eigenvalue weighted by molar-refractivity contribution is -0.692. The van der Waals surface area contributed by atoms with E-state index in [0.29, 0.717) is 17.5 Å². The summed E-state index contributed by atoms with van der Waals surface area (Å²) in [6, 6.07) is 15.2. The molecular weight excluding hydrogens is 384 g/mol. The van der Waals surface area contributed by atoms with Crippen LogP contribution in [0.4, 0.5) is 5.69 Å². The van der Waals surface area contributed by atoms with Gasteiger partial charge in [-0.25, -0.2) is 8.42 Å². The van der Waals surface area contributed by atoms with Crippen molar-refractivity contribution in [3.63, 3.8) is 0 Å². The number of carbonyl (C=O) groups is 1. The quantitative estimate of drug-likeness (QED) is 0.658. The van der Waals surface area contributed by atoms with Crippen LogP contribution in [0.1, 0.15) is 44.9 Å². The fourth-order valence-corrected chi connectivity index (χ4v) is 4.06. The summed E-state index contributed by atoms with van der Waals surface area (Å²) in [7, 11) is -3.30. The van der Waals surface area contributed by atoms with Crippen LogP contribution in [0.15, 0.2) is 53.4 Å². The number of rotatable bonds is 9. The predicted molar refractivity (Wildman–Crippen MR) is 118 cm³/mol. The molecule has 0 aromatic heterocycles. The van der Waals surface area contributed by atoms with Gasteiger partial charge in [-0.3, -0.25) is 4.79 Å². The van der Waals surface area contributed by atoms with Crippen LogP contribution in [0, 0.1) is 11.8 Å². The summed E-state index contributed by atoms with van der Waals surface area (Å²) in [5.74, 6) is 0.836. The van der Waals surface area contributed by atoms with E-state index in [1.807, 2.05) is 5.32 Å². The summed E-state index contributed by atoms with van der Waals surface area (Å²) in [5, 5.41) is 4.84. The van der Waals surface area contributed by atoms with E-state index in [0.717, 1.165) is 12.7 Å². The molecule has 29 heavy (non-hydrogen) atoms. The van der Waals surface area contributed by atoms with Gasteiger partial charge in [0, 0.05) is 23.4 Å². The number of nitrogens with one attached hydrogen (secondary N) is 1. The van der Waals surface area contributed by atoms with Crippen LogP contribution in [0.5, 0.6) is 0 Å². The number of hydrogen-bond donors (Lipinski definition) is 2. The Balaban J connectivity index is 2.01. The first-order valence-corrected chi connectivity index (χ1v) is 12.0. The maximum Gasteiger partial charge on any atom is 0.279 e. The average molecular weight is 418 g/mol. The zero-order chi connectivity index (χ0) is 21.6. The number of sulfone groups is 1. The van der Waals surface area contributed by atoms with Crippen molar-refractivity contribution in [3.8, 4) is 0 Å². The molecule has 0 saturated heterocycles. The van der Waals surface area contributed by atoms with Crippen molar-refractivity contribution in [2.24, 2.45) is 11.8 Å². The third kappa shape index (κ3) is 7.29. The maximum atomic E-state index is 12.4. The van der Waals surface area contributed by atoms with E-state index in [1.54, 1.807) is 12.1 Å². The number of amides is 1. The van der Waals surface area contributed by atoms with E-state index in [4.69, 9.17) is 0 Å². The van der Waals surface area contributed by atoms with Crippen LogP contribution in [0.3, 0.4) is 0 Å². The summed E-state index contributed by atoms with van der Waals surface area (Å²) < 4.78 is 23.4. The van der Waals surface area contributed by atoms with Gasteiger partial charge in [-0.05, 0) is 36.1 Å². The molecule has 0 aliphatic heterocycles. The van der Waals surface area contributed by atoms with E-state index in [-0.39, 0.29) is 23.4 Å². The normalized spacial score (nSPS) is 12.9. The van der Waals surface area contributed by atoms with Crippen LogP contribution in [-0.4, -0.2) is 27.1 Å². The Hall–Kier alpha value is -2.18. The first-order chi connectivity index (χ1) is 13.6. The molecule has 0 unspecified atom stereocenters. The SMILES string of the molecule is CC(C)Cc1ccc([C@H]([NH2+]CC(=O)Nc2cccc(S(C)(=O)=O)c2)C(C)C)cc1. The van der Waals surface area contributed by atoms with Crippen molar-refractivity contribution in [2.45, 2.75) is 45.1 Å². The molecule has 0 saturated carbocycles. The summed E-state index contributed by atoms with van der Waals surface area (Å²) in [6.45, 7) is 8.98. The van der Waals surface area contributed by atoms with Gasteiger partial charge in [0.25, 0.3) is 5.91 Å². The van der Waals surface area contributed by atoms with Crippen molar-refractivity contribution >= 4 is 21.4 Å². The molecule has 0 bridgehead atoms. The maximum absolute atomic E-state index is 12.4. The Morgan fingerprint density at radius 1 is 1.03 bits per heavy atom. The van der Waals surface area contributed by atoms with E-state index in [2.05, 4.69) is 57.3 Å². The minimum atomic E-state index is -3.30. The number of benzene rings is 2. The average Bonchev–Trinajstić information content (AvgIpc) is 2.62. The third-order valence-electron chi connectivity index (χ3n) is 4.83. The second-order valence-corrected chi connectivity index (χ2v) is 10.4. The smallest absolute Gasteiger partial charge is 0.279 e. The molecule has 158 valence electrons. The summed E-state index contributed by atoms with van der Waals surface area (Å²) in [4.78, 5) is 12.6. The zero-order valence-electron chi connectivity index (χ0n) is 18.0. The Morgan fingerprint density at radius 3 is 2.24 bits per heavy atom. The molecule has 0 heterocycles. The highest BCUT2D eigenvalue weighted by Gasteiger charge is 2.20. The van der Waals surface area contributed by atoms with Gasteiger partial charge in [0.15, 0.2) is 16.4 Å². The van der Waals surface area contributed by atoms with Crippen LogP contribution < -0.4 is 10.6 Å². The van der Waals surface area contributed by atoms with Gasteiger partial charge in [-0.15, -0.1) is 0 Å². The van der Waals surface area contributed by atoms with Crippen LogP contribution in [0.25, 0.3) is 0 Å². The summed E-state index contributed by atoms with van der Waals surface area (Å²) >= 11 is 0. The Kier molecular flexibility index (Phi) is 7.99. The van der Waals surface area contributed by atoms with Gasteiger partial charge in [-0.2, -0.15) is 0 Å². The van der Waals surface area contributed by atoms with E-state index in [1.165, 1.54) is 23.3 Å². The minimum absolute atomic E-state index is 0.155. The predicted octanol–water partition coefficient (Wildman–Crippen LogP) is 3.19. The Labute approximate surface area is 174 Å². The van der Waals surface area contributed by atoms with Crippen LogP contribution in [0.2, 0.25) is 0 Å². The van der Waals surface area contributed by atoms with Gasteiger partial charge < -0.3 is 10.6 Å². The monoisotopic (exact) mass is 417 g/mol. The molecule has 0 fully saturated rings. The number of carbonyl (C=O) groups excluding carboxylic acids is 1. The standard InChI is InChI=1S/C23H32N2O3S/c1-16(2)13-18-9-11-19(12-10-18)23(17(3)4)24-15-22(26)25-20-7-6-8-21(14-20)29(5,27)28/h6-12,14,16-17,23-24H,13,15H2,1-5H3,(H,25,26)/p+1/t23-/m1/s1. The van der Waals surface area contributed by atoms with Gasteiger partial charge in [0.1, 0.15) is 6.04 Å². The van der Waals surface area contributed by atoms with E-state index < -0.39 is 9.84 Å². The lowest BCUT2D eigenvalue weighted by Crippen LogP contribution is -2.88.